The molecule has 0 radical (unpaired) electrons. The first-order valence-electron chi connectivity index (χ1n) is 6.08. The van der Waals surface area contributed by atoms with Crippen LogP contribution >= 0.6 is 15.9 Å². The van der Waals surface area contributed by atoms with Crippen molar-refractivity contribution in [3.05, 3.63) is 45.7 Å². The number of aromatic nitrogens is 2. The summed E-state index contributed by atoms with van der Waals surface area (Å²) in [6.07, 6.45) is 2.98. The third-order valence-electron chi connectivity index (χ3n) is 3.14. The lowest BCUT2D eigenvalue weighted by Crippen LogP contribution is -2.11. The van der Waals surface area contributed by atoms with Crippen molar-refractivity contribution in [2.45, 2.75) is 20.3 Å². The molecule has 1 N–H and O–H groups in total. The number of rotatable bonds is 4. The first kappa shape index (κ1) is 13.3. The molecule has 0 unspecified atom stereocenters. The zero-order valence-corrected chi connectivity index (χ0v) is 12.6. The van der Waals surface area contributed by atoms with Crippen molar-refractivity contribution in [3.63, 3.8) is 0 Å². The van der Waals surface area contributed by atoms with Crippen LogP contribution in [0.5, 0.6) is 0 Å². The largest absolute Gasteiger partial charge is 0.319 e. The van der Waals surface area contributed by atoms with Gasteiger partial charge in [-0.1, -0.05) is 15.9 Å². The van der Waals surface area contributed by atoms with E-state index in [4.69, 9.17) is 0 Å². The van der Waals surface area contributed by atoms with Gasteiger partial charge in [0.2, 0.25) is 0 Å². The summed E-state index contributed by atoms with van der Waals surface area (Å²) in [5.41, 5.74) is 4.88. The lowest BCUT2D eigenvalue weighted by Gasteiger charge is -2.09. The third-order valence-corrected chi connectivity index (χ3v) is 3.64. The molecule has 3 nitrogen and oxygen atoms in total. The van der Waals surface area contributed by atoms with Crippen molar-refractivity contribution < 1.29 is 0 Å². The van der Waals surface area contributed by atoms with Gasteiger partial charge in [-0.15, -0.1) is 0 Å². The van der Waals surface area contributed by atoms with Crippen LogP contribution in [0.25, 0.3) is 5.69 Å². The van der Waals surface area contributed by atoms with Gasteiger partial charge < -0.3 is 5.32 Å². The van der Waals surface area contributed by atoms with Crippen LogP contribution in [-0.2, 0) is 6.42 Å². The number of halogens is 1. The van der Waals surface area contributed by atoms with E-state index < -0.39 is 0 Å². The van der Waals surface area contributed by atoms with Crippen LogP contribution in [0.3, 0.4) is 0 Å². The standard InChI is InChI=1S/C14H18BrN3/c1-10-8-13(15)4-5-14(10)18-11(2)12(9-17-18)6-7-16-3/h4-5,8-9,16H,6-7H2,1-3H3. The second-order valence-electron chi connectivity index (χ2n) is 4.45. The molecule has 2 rings (SSSR count). The molecular formula is C14H18BrN3. The van der Waals surface area contributed by atoms with Crippen LogP contribution in [0, 0.1) is 13.8 Å². The van der Waals surface area contributed by atoms with Gasteiger partial charge in [0.1, 0.15) is 0 Å². The van der Waals surface area contributed by atoms with Crippen molar-refractivity contribution >= 4 is 15.9 Å². The van der Waals surface area contributed by atoms with Crippen molar-refractivity contribution in [1.29, 1.82) is 0 Å². The Kier molecular flexibility index (Phi) is 4.19. The zero-order valence-electron chi connectivity index (χ0n) is 11.0. The minimum atomic E-state index is 0.978. The Morgan fingerprint density at radius 3 is 2.78 bits per heavy atom. The number of aryl methyl sites for hydroxylation is 1. The number of benzene rings is 1. The molecule has 0 bridgehead atoms. The molecule has 0 saturated heterocycles. The van der Waals surface area contributed by atoms with Gasteiger partial charge in [0.25, 0.3) is 0 Å². The van der Waals surface area contributed by atoms with Crippen LogP contribution < -0.4 is 5.32 Å². The van der Waals surface area contributed by atoms with E-state index in [9.17, 15) is 0 Å². The fourth-order valence-corrected chi connectivity index (χ4v) is 2.52. The Labute approximate surface area is 116 Å². The molecular weight excluding hydrogens is 290 g/mol. The van der Waals surface area contributed by atoms with E-state index in [1.54, 1.807) is 0 Å². The highest BCUT2D eigenvalue weighted by Gasteiger charge is 2.09. The number of nitrogens with zero attached hydrogens (tertiary/aromatic N) is 2. The zero-order chi connectivity index (χ0) is 13.1. The lowest BCUT2D eigenvalue weighted by atomic mass is 10.1. The highest BCUT2D eigenvalue weighted by molar-refractivity contribution is 9.10. The predicted molar refractivity (Wildman–Crippen MR) is 78.4 cm³/mol. The van der Waals surface area contributed by atoms with Crippen LogP contribution in [-0.4, -0.2) is 23.4 Å². The summed E-state index contributed by atoms with van der Waals surface area (Å²) in [6.45, 7) is 5.21. The van der Waals surface area contributed by atoms with Crippen molar-refractivity contribution in [2.75, 3.05) is 13.6 Å². The SMILES string of the molecule is CNCCc1cnn(-c2ccc(Br)cc2C)c1C. The van der Waals surface area contributed by atoms with Gasteiger partial charge in [-0.2, -0.15) is 5.10 Å². The van der Waals surface area contributed by atoms with Gasteiger partial charge in [0.05, 0.1) is 11.9 Å². The quantitative estimate of drug-likeness (QED) is 0.941. The van der Waals surface area contributed by atoms with Gasteiger partial charge in [-0.05, 0) is 63.2 Å². The monoisotopic (exact) mass is 307 g/mol. The average molecular weight is 308 g/mol. The van der Waals surface area contributed by atoms with Gasteiger partial charge in [0, 0.05) is 10.2 Å². The van der Waals surface area contributed by atoms with E-state index in [1.165, 1.54) is 16.8 Å². The van der Waals surface area contributed by atoms with E-state index in [0.29, 0.717) is 0 Å². The molecule has 0 amide bonds. The molecule has 0 aliphatic carbocycles. The predicted octanol–water partition coefficient (Wildman–Crippen LogP) is 3.01. The van der Waals surface area contributed by atoms with Gasteiger partial charge in [-0.3, -0.25) is 0 Å². The fraction of sp³-hybridized carbons (Fsp3) is 0.357. The average Bonchev–Trinajstić information content (AvgIpc) is 2.68. The molecule has 1 heterocycles. The molecule has 0 saturated carbocycles. The number of hydrogen-bond donors (Lipinski definition) is 1. The van der Waals surface area contributed by atoms with Gasteiger partial charge in [-0.25, -0.2) is 4.68 Å². The highest BCUT2D eigenvalue weighted by Crippen LogP contribution is 2.21. The molecule has 96 valence electrons. The second kappa shape index (κ2) is 5.67. The first-order valence-corrected chi connectivity index (χ1v) is 6.87. The smallest absolute Gasteiger partial charge is 0.0678 e. The minimum absolute atomic E-state index is 0.978. The van der Waals surface area contributed by atoms with E-state index in [2.05, 4.69) is 58.4 Å². The molecule has 18 heavy (non-hydrogen) atoms. The Hall–Kier alpha value is -1.13. The van der Waals surface area contributed by atoms with Crippen LogP contribution in [0.15, 0.2) is 28.9 Å². The summed E-state index contributed by atoms with van der Waals surface area (Å²) in [5.74, 6) is 0. The normalized spacial score (nSPS) is 10.9. The van der Waals surface area contributed by atoms with Crippen molar-refractivity contribution in [1.82, 2.24) is 15.1 Å². The minimum Gasteiger partial charge on any atom is -0.319 e. The van der Waals surface area contributed by atoms with E-state index >= 15 is 0 Å². The third kappa shape index (κ3) is 2.65. The number of nitrogens with one attached hydrogen (secondary N) is 1. The van der Waals surface area contributed by atoms with Gasteiger partial charge >= 0.3 is 0 Å². The first-order chi connectivity index (χ1) is 8.63. The molecule has 1 aromatic heterocycles. The Morgan fingerprint density at radius 2 is 2.11 bits per heavy atom. The second-order valence-corrected chi connectivity index (χ2v) is 5.37. The highest BCUT2D eigenvalue weighted by atomic mass is 79.9. The summed E-state index contributed by atoms with van der Waals surface area (Å²) in [6, 6.07) is 6.27. The molecule has 0 fully saturated rings. The summed E-state index contributed by atoms with van der Waals surface area (Å²) in [7, 11) is 1.97. The Bertz CT molecular complexity index is 546. The molecule has 2 aromatic rings. The maximum absolute atomic E-state index is 4.50. The van der Waals surface area contributed by atoms with Crippen LogP contribution in [0.1, 0.15) is 16.8 Å². The number of likely N-dealkylation sites (N-methyl/N-ethyl adjacent to an activating group) is 1. The topological polar surface area (TPSA) is 29.9 Å². The Balaban J connectivity index is 2.36. The maximum atomic E-state index is 4.50. The summed E-state index contributed by atoms with van der Waals surface area (Å²) < 4.78 is 3.12. The van der Waals surface area contributed by atoms with Crippen LogP contribution in [0.4, 0.5) is 0 Å². The van der Waals surface area contributed by atoms with Gasteiger partial charge in [0.15, 0.2) is 0 Å². The number of hydrogen-bond acceptors (Lipinski definition) is 2. The molecule has 0 aliphatic heterocycles. The molecule has 1 aromatic carbocycles. The van der Waals surface area contributed by atoms with Crippen molar-refractivity contribution in [2.24, 2.45) is 0 Å². The van der Waals surface area contributed by atoms with Crippen LogP contribution in [0.2, 0.25) is 0 Å². The molecule has 0 aliphatic rings. The molecule has 0 spiro atoms. The van der Waals surface area contributed by atoms with E-state index in [-0.39, 0.29) is 0 Å². The van der Waals surface area contributed by atoms with E-state index in [1.807, 2.05) is 17.9 Å². The summed E-state index contributed by atoms with van der Waals surface area (Å²) in [4.78, 5) is 0. The molecule has 4 heteroatoms. The lowest BCUT2D eigenvalue weighted by molar-refractivity contribution is 0.784. The summed E-state index contributed by atoms with van der Waals surface area (Å²) >= 11 is 3.49. The Morgan fingerprint density at radius 1 is 1.33 bits per heavy atom. The maximum Gasteiger partial charge on any atom is 0.0678 e. The summed E-state index contributed by atoms with van der Waals surface area (Å²) in [5, 5.41) is 7.67. The van der Waals surface area contributed by atoms with E-state index in [0.717, 1.165) is 23.1 Å². The fourth-order valence-electron chi connectivity index (χ4n) is 2.05. The molecule has 0 atom stereocenters. The van der Waals surface area contributed by atoms with Crippen molar-refractivity contribution in [3.8, 4) is 5.69 Å².